The smallest absolute Gasteiger partial charge is 0.300 e. The van der Waals surface area contributed by atoms with Gasteiger partial charge in [0.25, 0.3) is 11.7 Å². The van der Waals surface area contributed by atoms with E-state index in [1.54, 1.807) is 43.5 Å². The maximum Gasteiger partial charge on any atom is 0.300 e. The Hall–Kier alpha value is -4.06. The molecule has 0 aliphatic carbocycles. The Labute approximate surface area is 198 Å². The first-order valence-corrected chi connectivity index (χ1v) is 11.1. The van der Waals surface area contributed by atoms with E-state index in [-0.39, 0.29) is 23.0 Å². The van der Waals surface area contributed by atoms with Crippen molar-refractivity contribution in [2.45, 2.75) is 32.7 Å². The highest BCUT2D eigenvalue weighted by atomic mass is 16.5. The van der Waals surface area contributed by atoms with E-state index in [1.165, 1.54) is 17.0 Å². The minimum absolute atomic E-state index is 0.00271. The van der Waals surface area contributed by atoms with Gasteiger partial charge in [-0.3, -0.25) is 14.5 Å². The van der Waals surface area contributed by atoms with Crippen molar-refractivity contribution in [2.24, 2.45) is 0 Å². The zero-order chi connectivity index (χ0) is 24.6. The molecule has 0 radical (unpaired) electrons. The fraction of sp³-hybridized carbons (Fsp3) is 0.214. The number of hydrogen-bond donors (Lipinski definition) is 2. The molecule has 3 aromatic rings. The van der Waals surface area contributed by atoms with E-state index < -0.39 is 17.7 Å². The lowest BCUT2D eigenvalue weighted by Gasteiger charge is -2.26. The molecule has 4 rings (SSSR count). The van der Waals surface area contributed by atoms with Gasteiger partial charge in [0.1, 0.15) is 17.3 Å². The average Bonchev–Trinajstić information content (AvgIpc) is 3.09. The van der Waals surface area contributed by atoms with Crippen molar-refractivity contribution in [2.75, 3.05) is 12.0 Å². The van der Waals surface area contributed by atoms with Gasteiger partial charge in [0, 0.05) is 11.3 Å². The standard InChI is InChI=1S/C28H27NO5/c1-16(2)22-15-19(10-13-23(22)34-4)26(31)24-25(18-8-11-21(30)12-9-18)29(28(33)27(24)32)20-7-5-6-17(3)14-20/h5-16,25,30-31H,1-4H3/b26-24-. The van der Waals surface area contributed by atoms with Gasteiger partial charge >= 0.3 is 0 Å². The molecular weight excluding hydrogens is 430 g/mol. The fourth-order valence-electron chi connectivity index (χ4n) is 4.34. The summed E-state index contributed by atoms with van der Waals surface area (Å²) in [5, 5.41) is 21.2. The Kier molecular flexibility index (Phi) is 6.16. The number of Topliss-reactive ketones (excluding diaryl/α,β-unsaturated/α-hetero) is 1. The number of anilines is 1. The number of aliphatic hydroxyl groups excluding tert-OH is 1. The number of ketones is 1. The molecule has 6 heteroatoms. The number of nitrogens with zero attached hydrogens (tertiary/aromatic N) is 1. The molecule has 0 spiro atoms. The van der Waals surface area contributed by atoms with Crippen LogP contribution in [0, 0.1) is 6.92 Å². The number of aliphatic hydroxyl groups is 1. The second-order valence-corrected chi connectivity index (χ2v) is 8.71. The van der Waals surface area contributed by atoms with E-state index in [0.717, 1.165) is 11.1 Å². The van der Waals surface area contributed by atoms with Gasteiger partial charge in [0.15, 0.2) is 0 Å². The van der Waals surface area contributed by atoms with Gasteiger partial charge in [0.2, 0.25) is 0 Å². The Balaban J connectivity index is 1.95. The molecule has 1 unspecified atom stereocenters. The molecule has 1 aliphatic rings. The lowest BCUT2D eigenvalue weighted by atomic mass is 9.93. The largest absolute Gasteiger partial charge is 0.508 e. The molecule has 0 saturated carbocycles. The molecule has 0 aromatic heterocycles. The third kappa shape index (κ3) is 4.03. The number of phenols is 1. The minimum atomic E-state index is -0.855. The maximum atomic E-state index is 13.3. The van der Waals surface area contributed by atoms with Crippen LogP contribution in [0.5, 0.6) is 11.5 Å². The van der Waals surface area contributed by atoms with Gasteiger partial charge in [-0.1, -0.05) is 38.1 Å². The summed E-state index contributed by atoms with van der Waals surface area (Å²) in [7, 11) is 1.58. The van der Waals surface area contributed by atoms with Crippen LogP contribution in [0.1, 0.15) is 48.1 Å². The van der Waals surface area contributed by atoms with E-state index in [4.69, 9.17) is 4.74 Å². The Morgan fingerprint density at radius 2 is 1.71 bits per heavy atom. The van der Waals surface area contributed by atoms with Crippen molar-refractivity contribution in [1.29, 1.82) is 0 Å². The minimum Gasteiger partial charge on any atom is -0.508 e. The van der Waals surface area contributed by atoms with Crippen LogP contribution in [0.2, 0.25) is 0 Å². The van der Waals surface area contributed by atoms with Crippen molar-refractivity contribution in [3.8, 4) is 11.5 Å². The number of ether oxygens (including phenoxy) is 1. The highest BCUT2D eigenvalue weighted by Crippen LogP contribution is 2.43. The van der Waals surface area contributed by atoms with Crippen LogP contribution in [0.15, 0.2) is 72.3 Å². The van der Waals surface area contributed by atoms with Gasteiger partial charge in [-0.25, -0.2) is 0 Å². The first kappa shape index (κ1) is 23.1. The van der Waals surface area contributed by atoms with Gasteiger partial charge in [0.05, 0.1) is 18.7 Å². The first-order chi connectivity index (χ1) is 16.2. The summed E-state index contributed by atoms with van der Waals surface area (Å²) >= 11 is 0. The predicted octanol–water partition coefficient (Wildman–Crippen LogP) is 5.46. The Morgan fingerprint density at radius 3 is 2.32 bits per heavy atom. The molecule has 1 saturated heterocycles. The maximum absolute atomic E-state index is 13.3. The van der Waals surface area contributed by atoms with Gasteiger partial charge in [-0.05, 0) is 72.0 Å². The summed E-state index contributed by atoms with van der Waals surface area (Å²) in [6.45, 7) is 5.92. The van der Waals surface area contributed by atoms with E-state index >= 15 is 0 Å². The second kappa shape index (κ2) is 9.06. The third-order valence-corrected chi connectivity index (χ3v) is 6.06. The Bertz CT molecular complexity index is 1290. The molecule has 1 amide bonds. The lowest BCUT2D eigenvalue weighted by molar-refractivity contribution is -0.132. The van der Waals surface area contributed by atoms with Crippen molar-refractivity contribution in [1.82, 2.24) is 0 Å². The molecule has 174 valence electrons. The van der Waals surface area contributed by atoms with Crippen LogP contribution in [-0.4, -0.2) is 29.0 Å². The average molecular weight is 458 g/mol. The third-order valence-electron chi connectivity index (χ3n) is 6.06. The first-order valence-electron chi connectivity index (χ1n) is 11.1. The number of carbonyl (C=O) groups excluding carboxylic acids is 2. The summed E-state index contributed by atoms with van der Waals surface area (Å²) in [5.74, 6) is -0.877. The molecule has 1 aliphatic heterocycles. The van der Waals surface area contributed by atoms with Crippen LogP contribution in [0.3, 0.4) is 0 Å². The summed E-state index contributed by atoms with van der Waals surface area (Å²) in [6.07, 6.45) is 0. The zero-order valence-corrected chi connectivity index (χ0v) is 19.6. The van der Waals surface area contributed by atoms with Crippen molar-refractivity contribution in [3.63, 3.8) is 0 Å². The van der Waals surface area contributed by atoms with Crippen LogP contribution in [-0.2, 0) is 9.59 Å². The number of phenolic OH excluding ortho intramolecular Hbond substituents is 1. The fourth-order valence-corrected chi connectivity index (χ4v) is 4.34. The number of methoxy groups -OCH3 is 1. The predicted molar refractivity (Wildman–Crippen MR) is 131 cm³/mol. The quantitative estimate of drug-likeness (QED) is 0.302. The van der Waals surface area contributed by atoms with E-state index in [9.17, 15) is 19.8 Å². The number of rotatable bonds is 5. The van der Waals surface area contributed by atoms with Gasteiger partial charge in [-0.15, -0.1) is 0 Å². The normalized spacial score (nSPS) is 17.4. The van der Waals surface area contributed by atoms with Crippen LogP contribution in [0.4, 0.5) is 5.69 Å². The molecule has 1 heterocycles. The van der Waals surface area contributed by atoms with Crippen LogP contribution < -0.4 is 9.64 Å². The van der Waals surface area contributed by atoms with Crippen LogP contribution in [0.25, 0.3) is 5.76 Å². The number of benzene rings is 3. The molecular formula is C28H27NO5. The highest BCUT2D eigenvalue weighted by Gasteiger charge is 2.47. The molecule has 34 heavy (non-hydrogen) atoms. The summed E-state index contributed by atoms with van der Waals surface area (Å²) < 4.78 is 5.44. The molecule has 3 aromatic carbocycles. The zero-order valence-electron chi connectivity index (χ0n) is 19.6. The highest BCUT2D eigenvalue weighted by molar-refractivity contribution is 6.51. The summed E-state index contributed by atoms with van der Waals surface area (Å²) in [5.41, 5.74) is 3.38. The van der Waals surface area contributed by atoms with Gasteiger partial charge < -0.3 is 14.9 Å². The summed E-state index contributed by atoms with van der Waals surface area (Å²) in [6, 6.07) is 17.9. The molecule has 1 atom stereocenters. The van der Waals surface area contributed by atoms with E-state index in [2.05, 4.69) is 0 Å². The van der Waals surface area contributed by atoms with Crippen molar-refractivity contribution in [3.05, 3.63) is 94.6 Å². The summed E-state index contributed by atoms with van der Waals surface area (Å²) in [4.78, 5) is 28.0. The van der Waals surface area contributed by atoms with Crippen LogP contribution >= 0.6 is 0 Å². The molecule has 2 N–H and O–H groups in total. The van der Waals surface area contributed by atoms with E-state index in [0.29, 0.717) is 22.6 Å². The number of aromatic hydroxyl groups is 1. The monoisotopic (exact) mass is 457 g/mol. The molecule has 1 fully saturated rings. The number of aryl methyl sites for hydroxylation is 1. The lowest BCUT2D eigenvalue weighted by Crippen LogP contribution is -2.29. The van der Waals surface area contributed by atoms with Crippen molar-refractivity contribution >= 4 is 23.1 Å². The van der Waals surface area contributed by atoms with E-state index in [1.807, 2.05) is 39.0 Å². The topological polar surface area (TPSA) is 87.1 Å². The number of hydrogen-bond acceptors (Lipinski definition) is 5. The SMILES string of the molecule is COc1ccc(/C(O)=C2/C(=O)C(=O)N(c3cccc(C)c3)C2c2ccc(O)cc2)cc1C(C)C. The number of amides is 1. The number of carbonyl (C=O) groups is 2. The van der Waals surface area contributed by atoms with Gasteiger partial charge in [-0.2, -0.15) is 0 Å². The Morgan fingerprint density at radius 1 is 1.00 bits per heavy atom. The molecule has 0 bridgehead atoms. The molecule has 6 nitrogen and oxygen atoms in total. The second-order valence-electron chi connectivity index (χ2n) is 8.71. The van der Waals surface area contributed by atoms with Crippen molar-refractivity contribution < 1.29 is 24.5 Å².